The standard InChI is InChI=1S/C17H27N/c1-2-3-5-10-16-13-15(11-12-17(16)18)14-8-6-4-7-9-14/h4,6-9,15-17H,2-3,5,10-13,18H2,1H3. The summed E-state index contributed by atoms with van der Waals surface area (Å²) in [5, 5.41) is 0. The lowest BCUT2D eigenvalue weighted by atomic mass is 9.74. The number of rotatable bonds is 5. The summed E-state index contributed by atoms with van der Waals surface area (Å²) in [4.78, 5) is 0. The first kappa shape index (κ1) is 13.6. The molecule has 0 bridgehead atoms. The Morgan fingerprint density at radius 3 is 2.61 bits per heavy atom. The van der Waals surface area contributed by atoms with Gasteiger partial charge < -0.3 is 5.73 Å². The second-order valence-electron chi connectivity index (χ2n) is 5.84. The molecular formula is C17H27N. The van der Waals surface area contributed by atoms with Crippen molar-refractivity contribution in [3.05, 3.63) is 35.9 Å². The molecule has 1 aromatic carbocycles. The van der Waals surface area contributed by atoms with Crippen LogP contribution < -0.4 is 5.73 Å². The lowest BCUT2D eigenvalue weighted by Crippen LogP contribution is -2.35. The molecule has 0 radical (unpaired) electrons. The minimum Gasteiger partial charge on any atom is -0.327 e. The molecule has 0 saturated heterocycles. The molecule has 1 saturated carbocycles. The highest BCUT2D eigenvalue weighted by Gasteiger charge is 2.28. The normalized spacial score (nSPS) is 28.2. The van der Waals surface area contributed by atoms with E-state index in [0.29, 0.717) is 6.04 Å². The third kappa shape index (κ3) is 3.58. The Labute approximate surface area is 112 Å². The molecule has 100 valence electrons. The minimum atomic E-state index is 0.446. The van der Waals surface area contributed by atoms with E-state index in [0.717, 1.165) is 11.8 Å². The average molecular weight is 245 g/mol. The fourth-order valence-corrected chi connectivity index (χ4v) is 3.30. The van der Waals surface area contributed by atoms with Crippen LogP contribution in [0.5, 0.6) is 0 Å². The van der Waals surface area contributed by atoms with Gasteiger partial charge in [-0.3, -0.25) is 0 Å². The SMILES string of the molecule is CCCCCC1CC(c2ccccc2)CCC1N. The van der Waals surface area contributed by atoms with Gasteiger partial charge in [0.25, 0.3) is 0 Å². The van der Waals surface area contributed by atoms with Crippen LogP contribution in [0.15, 0.2) is 30.3 Å². The summed E-state index contributed by atoms with van der Waals surface area (Å²) >= 11 is 0. The molecule has 0 spiro atoms. The molecule has 18 heavy (non-hydrogen) atoms. The van der Waals surface area contributed by atoms with Crippen LogP contribution in [0, 0.1) is 5.92 Å². The fraction of sp³-hybridized carbons (Fsp3) is 0.647. The van der Waals surface area contributed by atoms with E-state index in [4.69, 9.17) is 5.73 Å². The number of hydrogen-bond acceptors (Lipinski definition) is 1. The topological polar surface area (TPSA) is 26.0 Å². The molecule has 0 heterocycles. The van der Waals surface area contributed by atoms with E-state index in [2.05, 4.69) is 37.3 Å². The van der Waals surface area contributed by atoms with Crippen LogP contribution in [0.25, 0.3) is 0 Å². The van der Waals surface area contributed by atoms with Gasteiger partial charge in [0.1, 0.15) is 0 Å². The lowest BCUT2D eigenvalue weighted by Gasteiger charge is -2.34. The van der Waals surface area contributed by atoms with Crippen molar-refractivity contribution < 1.29 is 0 Å². The van der Waals surface area contributed by atoms with Gasteiger partial charge in [-0.1, -0.05) is 56.5 Å². The van der Waals surface area contributed by atoms with Crippen LogP contribution in [0.1, 0.15) is 63.4 Å². The first-order valence-corrected chi connectivity index (χ1v) is 7.61. The Morgan fingerprint density at radius 1 is 1.11 bits per heavy atom. The van der Waals surface area contributed by atoms with Crippen LogP contribution in [0.2, 0.25) is 0 Å². The van der Waals surface area contributed by atoms with E-state index in [1.165, 1.54) is 50.5 Å². The summed E-state index contributed by atoms with van der Waals surface area (Å²) in [6.45, 7) is 2.27. The second kappa shape index (κ2) is 6.94. The van der Waals surface area contributed by atoms with Crippen molar-refractivity contribution >= 4 is 0 Å². The van der Waals surface area contributed by atoms with Crippen LogP contribution in [0.3, 0.4) is 0 Å². The highest BCUT2D eigenvalue weighted by molar-refractivity contribution is 5.20. The van der Waals surface area contributed by atoms with Gasteiger partial charge in [0.2, 0.25) is 0 Å². The zero-order valence-electron chi connectivity index (χ0n) is 11.6. The van der Waals surface area contributed by atoms with Gasteiger partial charge in [-0.2, -0.15) is 0 Å². The van der Waals surface area contributed by atoms with Crippen molar-refractivity contribution in [2.45, 2.75) is 63.8 Å². The maximum Gasteiger partial charge on any atom is 0.00675 e. The van der Waals surface area contributed by atoms with Crippen molar-refractivity contribution in [3.8, 4) is 0 Å². The molecule has 1 fully saturated rings. The highest BCUT2D eigenvalue weighted by atomic mass is 14.7. The smallest absolute Gasteiger partial charge is 0.00675 e. The summed E-state index contributed by atoms with van der Waals surface area (Å²) in [5.41, 5.74) is 7.82. The van der Waals surface area contributed by atoms with Crippen molar-refractivity contribution in [1.82, 2.24) is 0 Å². The van der Waals surface area contributed by atoms with Crippen LogP contribution in [0.4, 0.5) is 0 Å². The predicted octanol–water partition coefficient (Wildman–Crippen LogP) is 4.48. The van der Waals surface area contributed by atoms with Crippen LogP contribution in [-0.2, 0) is 0 Å². The van der Waals surface area contributed by atoms with Gasteiger partial charge in [0.15, 0.2) is 0 Å². The van der Waals surface area contributed by atoms with Crippen molar-refractivity contribution in [1.29, 1.82) is 0 Å². The Balaban J connectivity index is 1.91. The Hall–Kier alpha value is -0.820. The predicted molar refractivity (Wildman–Crippen MR) is 78.6 cm³/mol. The number of benzene rings is 1. The zero-order chi connectivity index (χ0) is 12.8. The molecule has 0 aliphatic heterocycles. The Kier molecular flexibility index (Phi) is 5.25. The average Bonchev–Trinajstić information content (AvgIpc) is 2.42. The van der Waals surface area contributed by atoms with Gasteiger partial charge >= 0.3 is 0 Å². The van der Waals surface area contributed by atoms with Crippen molar-refractivity contribution in [2.24, 2.45) is 11.7 Å². The number of nitrogens with two attached hydrogens (primary N) is 1. The van der Waals surface area contributed by atoms with E-state index < -0.39 is 0 Å². The molecule has 2 rings (SSSR count). The quantitative estimate of drug-likeness (QED) is 0.761. The van der Waals surface area contributed by atoms with Gasteiger partial charge in [-0.05, 0) is 43.1 Å². The van der Waals surface area contributed by atoms with Gasteiger partial charge in [-0.15, -0.1) is 0 Å². The second-order valence-corrected chi connectivity index (χ2v) is 5.84. The molecule has 1 heteroatoms. The number of unbranched alkanes of at least 4 members (excludes halogenated alkanes) is 2. The Morgan fingerprint density at radius 2 is 1.89 bits per heavy atom. The summed E-state index contributed by atoms with van der Waals surface area (Å²) in [7, 11) is 0. The maximum atomic E-state index is 6.30. The highest BCUT2D eigenvalue weighted by Crippen LogP contribution is 2.37. The van der Waals surface area contributed by atoms with Crippen molar-refractivity contribution in [3.63, 3.8) is 0 Å². The third-order valence-corrected chi connectivity index (χ3v) is 4.49. The monoisotopic (exact) mass is 245 g/mol. The molecular weight excluding hydrogens is 218 g/mol. The molecule has 1 aliphatic carbocycles. The van der Waals surface area contributed by atoms with Crippen molar-refractivity contribution in [2.75, 3.05) is 0 Å². The minimum absolute atomic E-state index is 0.446. The van der Waals surface area contributed by atoms with E-state index in [-0.39, 0.29) is 0 Å². The van der Waals surface area contributed by atoms with E-state index in [9.17, 15) is 0 Å². The van der Waals surface area contributed by atoms with Crippen LogP contribution >= 0.6 is 0 Å². The van der Waals surface area contributed by atoms with Gasteiger partial charge in [0.05, 0.1) is 0 Å². The Bertz CT molecular complexity index is 333. The first-order chi connectivity index (χ1) is 8.81. The summed E-state index contributed by atoms with van der Waals surface area (Å²) in [6, 6.07) is 11.4. The van der Waals surface area contributed by atoms with Crippen LogP contribution in [-0.4, -0.2) is 6.04 Å². The molecule has 1 aromatic rings. The van der Waals surface area contributed by atoms with E-state index in [1.54, 1.807) is 0 Å². The largest absolute Gasteiger partial charge is 0.327 e. The maximum absolute atomic E-state index is 6.30. The molecule has 3 unspecified atom stereocenters. The molecule has 2 N–H and O–H groups in total. The molecule has 1 nitrogen and oxygen atoms in total. The summed E-state index contributed by atoms with van der Waals surface area (Å²) in [5.74, 6) is 1.49. The van der Waals surface area contributed by atoms with E-state index >= 15 is 0 Å². The summed E-state index contributed by atoms with van der Waals surface area (Å²) < 4.78 is 0. The number of hydrogen-bond donors (Lipinski definition) is 1. The third-order valence-electron chi connectivity index (χ3n) is 4.49. The van der Waals surface area contributed by atoms with Gasteiger partial charge in [-0.25, -0.2) is 0 Å². The lowest BCUT2D eigenvalue weighted by molar-refractivity contribution is 0.259. The zero-order valence-corrected chi connectivity index (χ0v) is 11.6. The molecule has 3 atom stereocenters. The molecule has 1 aliphatic rings. The first-order valence-electron chi connectivity index (χ1n) is 7.61. The van der Waals surface area contributed by atoms with Gasteiger partial charge in [0, 0.05) is 6.04 Å². The molecule has 0 aromatic heterocycles. The fourth-order valence-electron chi connectivity index (χ4n) is 3.30. The summed E-state index contributed by atoms with van der Waals surface area (Å²) in [6.07, 6.45) is 9.14. The van der Waals surface area contributed by atoms with E-state index in [1.807, 2.05) is 0 Å². The molecule has 0 amide bonds.